The lowest BCUT2D eigenvalue weighted by Gasteiger charge is -2.08. The lowest BCUT2D eigenvalue weighted by atomic mass is 10.2. The zero-order valence-corrected chi connectivity index (χ0v) is 14.8. The third-order valence-corrected chi connectivity index (χ3v) is 4.49. The van der Waals surface area contributed by atoms with Crippen molar-refractivity contribution in [2.75, 3.05) is 11.9 Å². The molecule has 0 aliphatic rings. The van der Waals surface area contributed by atoms with Crippen LogP contribution in [0.2, 0.25) is 5.02 Å². The molecule has 100 valence electrons. The molecule has 1 aromatic heterocycles. The maximum Gasteiger partial charge on any atom is 0.161 e. The number of nitrogens with zero attached hydrogens (tertiary/aromatic N) is 2. The van der Waals surface area contributed by atoms with Crippen LogP contribution in [0.5, 0.6) is 0 Å². The minimum atomic E-state index is 0.655. The Labute approximate surface area is 139 Å². The Balaban J connectivity index is 2.36. The largest absolute Gasteiger partial charge is 0.369 e. The van der Waals surface area contributed by atoms with Gasteiger partial charge in [-0.25, -0.2) is 9.97 Å². The molecule has 2 rings (SSSR count). The molecule has 0 fully saturated rings. The summed E-state index contributed by atoms with van der Waals surface area (Å²) in [7, 11) is 0. The molecule has 0 radical (unpaired) electrons. The zero-order chi connectivity index (χ0) is 13.8. The molecule has 0 amide bonds. The highest BCUT2D eigenvalue weighted by molar-refractivity contribution is 14.1. The molecule has 0 saturated carbocycles. The molecule has 0 unspecified atom stereocenters. The van der Waals surface area contributed by atoms with Crippen molar-refractivity contribution in [3.05, 3.63) is 37.5 Å². The average molecular weight is 453 g/mol. The Kier molecular flexibility index (Phi) is 5.41. The fourth-order valence-corrected chi connectivity index (χ4v) is 2.39. The maximum absolute atomic E-state index is 6.10. The SMILES string of the molecule is CCCNc1nc(-c2ccc(Br)c(Cl)c2)ncc1I. The molecule has 6 heteroatoms. The van der Waals surface area contributed by atoms with Gasteiger partial charge in [-0.2, -0.15) is 0 Å². The van der Waals surface area contributed by atoms with E-state index in [2.05, 4.69) is 60.7 Å². The molecule has 0 atom stereocenters. The quantitative estimate of drug-likeness (QED) is 0.665. The van der Waals surface area contributed by atoms with Gasteiger partial charge in [0.25, 0.3) is 0 Å². The Hall–Kier alpha value is -0.400. The number of hydrogen-bond acceptors (Lipinski definition) is 3. The van der Waals surface area contributed by atoms with Gasteiger partial charge in [-0.15, -0.1) is 0 Å². The number of rotatable bonds is 4. The van der Waals surface area contributed by atoms with E-state index in [0.717, 1.165) is 32.4 Å². The van der Waals surface area contributed by atoms with E-state index in [4.69, 9.17) is 11.6 Å². The fourth-order valence-electron chi connectivity index (χ4n) is 1.51. The number of nitrogens with one attached hydrogen (secondary N) is 1. The average Bonchev–Trinajstić information content (AvgIpc) is 2.41. The van der Waals surface area contributed by atoms with E-state index in [-0.39, 0.29) is 0 Å². The first kappa shape index (κ1) is 15.0. The van der Waals surface area contributed by atoms with Gasteiger partial charge < -0.3 is 5.32 Å². The summed E-state index contributed by atoms with van der Waals surface area (Å²) in [5, 5.41) is 3.95. The van der Waals surface area contributed by atoms with Gasteiger partial charge in [0, 0.05) is 22.8 Å². The van der Waals surface area contributed by atoms with Crippen LogP contribution in [0.1, 0.15) is 13.3 Å². The predicted molar refractivity (Wildman–Crippen MR) is 91.7 cm³/mol. The molecule has 0 saturated heterocycles. The van der Waals surface area contributed by atoms with Gasteiger partial charge in [0.1, 0.15) is 5.82 Å². The van der Waals surface area contributed by atoms with Crippen LogP contribution in [-0.2, 0) is 0 Å². The van der Waals surface area contributed by atoms with Gasteiger partial charge in [-0.1, -0.05) is 18.5 Å². The fraction of sp³-hybridized carbons (Fsp3) is 0.231. The summed E-state index contributed by atoms with van der Waals surface area (Å²) in [5.41, 5.74) is 0.907. The highest BCUT2D eigenvalue weighted by atomic mass is 127. The normalized spacial score (nSPS) is 10.5. The van der Waals surface area contributed by atoms with Crippen molar-refractivity contribution in [3.63, 3.8) is 0 Å². The Morgan fingerprint density at radius 1 is 1.42 bits per heavy atom. The second kappa shape index (κ2) is 6.85. The lowest BCUT2D eigenvalue weighted by Crippen LogP contribution is -2.05. The molecule has 0 aliphatic carbocycles. The number of hydrogen-bond donors (Lipinski definition) is 1. The third kappa shape index (κ3) is 3.79. The number of benzene rings is 1. The second-order valence-corrected chi connectivity index (χ2v) is 6.37. The Morgan fingerprint density at radius 3 is 2.89 bits per heavy atom. The van der Waals surface area contributed by atoms with Crippen molar-refractivity contribution in [3.8, 4) is 11.4 Å². The molecular formula is C13H12BrClIN3. The molecule has 3 nitrogen and oxygen atoms in total. The summed E-state index contributed by atoms with van der Waals surface area (Å²) in [4.78, 5) is 8.90. The molecule has 1 N–H and O–H groups in total. The molecule has 1 heterocycles. The van der Waals surface area contributed by atoms with E-state index in [9.17, 15) is 0 Å². The topological polar surface area (TPSA) is 37.8 Å². The van der Waals surface area contributed by atoms with Crippen LogP contribution < -0.4 is 5.32 Å². The molecule has 0 bridgehead atoms. The molecule has 19 heavy (non-hydrogen) atoms. The van der Waals surface area contributed by atoms with E-state index in [1.165, 1.54) is 0 Å². The summed E-state index contributed by atoms with van der Waals surface area (Å²) in [6, 6.07) is 5.71. The van der Waals surface area contributed by atoms with Gasteiger partial charge >= 0.3 is 0 Å². The van der Waals surface area contributed by atoms with Gasteiger partial charge in [-0.3, -0.25) is 0 Å². The van der Waals surface area contributed by atoms with Crippen molar-refractivity contribution >= 4 is 55.9 Å². The van der Waals surface area contributed by atoms with Crippen LogP contribution in [0.15, 0.2) is 28.9 Å². The van der Waals surface area contributed by atoms with Gasteiger partial charge in [0.15, 0.2) is 5.82 Å². The van der Waals surface area contributed by atoms with Crippen LogP contribution >= 0.6 is 50.1 Å². The summed E-state index contributed by atoms with van der Waals surface area (Å²) in [6.45, 7) is 3.02. The molecular weight excluding hydrogens is 440 g/mol. The molecule has 0 spiro atoms. The Bertz CT molecular complexity index is 592. The summed E-state index contributed by atoms with van der Waals surface area (Å²) in [5.74, 6) is 1.54. The van der Waals surface area contributed by atoms with Crippen molar-refractivity contribution in [1.82, 2.24) is 9.97 Å². The third-order valence-electron chi connectivity index (χ3n) is 2.46. The van der Waals surface area contributed by atoms with Crippen molar-refractivity contribution in [2.45, 2.75) is 13.3 Å². The van der Waals surface area contributed by atoms with Crippen LogP contribution in [0, 0.1) is 3.57 Å². The van der Waals surface area contributed by atoms with Crippen molar-refractivity contribution < 1.29 is 0 Å². The number of halogens is 3. The zero-order valence-electron chi connectivity index (χ0n) is 10.3. The lowest BCUT2D eigenvalue weighted by molar-refractivity contribution is 0.963. The predicted octanol–water partition coefficient (Wildman–Crippen LogP) is 4.99. The van der Waals surface area contributed by atoms with Crippen molar-refractivity contribution in [2.24, 2.45) is 0 Å². The minimum Gasteiger partial charge on any atom is -0.369 e. The smallest absolute Gasteiger partial charge is 0.161 e. The summed E-state index contributed by atoms with van der Waals surface area (Å²) < 4.78 is 1.88. The first-order valence-corrected chi connectivity index (χ1v) is 8.08. The van der Waals surface area contributed by atoms with E-state index in [1.54, 1.807) is 0 Å². The van der Waals surface area contributed by atoms with E-state index >= 15 is 0 Å². The first-order valence-electron chi connectivity index (χ1n) is 5.83. The highest BCUT2D eigenvalue weighted by Gasteiger charge is 2.08. The maximum atomic E-state index is 6.10. The molecule has 2 aromatic rings. The standard InChI is InChI=1S/C13H12BrClIN3/c1-2-5-17-13-11(16)7-18-12(19-13)8-3-4-9(14)10(15)6-8/h3-4,6-7H,2,5H2,1H3,(H,17,18,19). The van der Waals surface area contributed by atoms with Crippen LogP contribution in [0.3, 0.4) is 0 Å². The Morgan fingerprint density at radius 2 is 2.21 bits per heavy atom. The second-order valence-electron chi connectivity index (χ2n) is 3.95. The van der Waals surface area contributed by atoms with Crippen LogP contribution in [0.4, 0.5) is 5.82 Å². The molecule has 1 aromatic carbocycles. The monoisotopic (exact) mass is 451 g/mol. The molecule has 0 aliphatic heterocycles. The van der Waals surface area contributed by atoms with E-state index in [0.29, 0.717) is 10.8 Å². The number of aromatic nitrogens is 2. The summed E-state index contributed by atoms with van der Waals surface area (Å²) >= 11 is 11.7. The first-order chi connectivity index (χ1) is 9.11. The number of anilines is 1. The van der Waals surface area contributed by atoms with Crippen LogP contribution in [-0.4, -0.2) is 16.5 Å². The van der Waals surface area contributed by atoms with Crippen LogP contribution in [0.25, 0.3) is 11.4 Å². The summed E-state index contributed by atoms with van der Waals surface area (Å²) in [6.07, 6.45) is 2.87. The van der Waals surface area contributed by atoms with Gasteiger partial charge in [0.2, 0.25) is 0 Å². The van der Waals surface area contributed by atoms with Gasteiger partial charge in [0.05, 0.1) is 8.59 Å². The van der Waals surface area contributed by atoms with E-state index in [1.807, 2.05) is 24.4 Å². The highest BCUT2D eigenvalue weighted by Crippen LogP contribution is 2.28. The van der Waals surface area contributed by atoms with E-state index < -0.39 is 0 Å². The minimum absolute atomic E-state index is 0.655. The van der Waals surface area contributed by atoms with Crippen molar-refractivity contribution in [1.29, 1.82) is 0 Å². The van der Waals surface area contributed by atoms with Gasteiger partial charge in [-0.05, 0) is 63.1 Å².